The predicted molar refractivity (Wildman–Crippen MR) is 85.9 cm³/mol. The number of aryl methyl sites for hydroxylation is 1. The van der Waals surface area contributed by atoms with Crippen LogP contribution in [0.3, 0.4) is 0 Å². The van der Waals surface area contributed by atoms with Crippen LogP contribution in [0.2, 0.25) is 0 Å². The molecule has 1 aliphatic rings. The summed E-state index contributed by atoms with van der Waals surface area (Å²) < 4.78 is 15.3. The molecule has 0 saturated carbocycles. The van der Waals surface area contributed by atoms with E-state index in [9.17, 15) is 9.18 Å². The Morgan fingerprint density at radius 1 is 1.45 bits per heavy atom. The topological polar surface area (TPSA) is 50.2 Å². The monoisotopic (exact) mass is 302 g/mol. The molecule has 116 valence electrons. The number of imidazole rings is 1. The zero-order valence-corrected chi connectivity index (χ0v) is 12.6. The lowest BCUT2D eigenvalue weighted by Gasteiger charge is -2.29. The van der Waals surface area contributed by atoms with Crippen LogP contribution in [0.1, 0.15) is 12.8 Å². The number of hydrogen-bond acceptors (Lipinski definition) is 3. The second-order valence-electron chi connectivity index (χ2n) is 5.53. The van der Waals surface area contributed by atoms with E-state index in [-0.39, 0.29) is 5.91 Å². The maximum atomic E-state index is 13.3. The molecule has 2 aromatic rings. The Bertz CT molecular complexity index is 716. The van der Waals surface area contributed by atoms with Gasteiger partial charge in [0, 0.05) is 25.8 Å². The van der Waals surface area contributed by atoms with Crippen molar-refractivity contribution in [2.75, 3.05) is 23.3 Å². The zero-order chi connectivity index (χ0) is 15.7. The molecule has 0 unspecified atom stereocenters. The standard InChI is InChI=1S/C16H19FN4O/c1-3-15(22)18-12-4-5-14-13(10-12)19-16(20(14)2)21-8-6-11(17)7-9-21/h3-5,10-11H,1,6-9H2,2H3,(H,18,22). The molecule has 2 heterocycles. The van der Waals surface area contributed by atoms with Crippen LogP contribution in [-0.4, -0.2) is 34.7 Å². The van der Waals surface area contributed by atoms with E-state index in [4.69, 9.17) is 0 Å². The Hall–Kier alpha value is -2.37. The number of benzene rings is 1. The molecule has 1 aromatic heterocycles. The Balaban J connectivity index is 1.91. The first kappa shape index (κ1) is 14.6. The van der Waals surface area contributed by atoms with Gasteiger partial charge in [-0.2, -0.15) is 0 Å². The predicted octanol–water partition coefficient (Wildman–Crippen LogP) is 2.64. The highest BCUT2D eigenvalue weighted by molar-refractivity contribution is 6.00. The molecule has 3 rings (SSSR count). The van der Waals surface area contributed by atoms with Gasteiger partial charge < -0.3 is 14.8 Å². The maximum absolute atomic E-state index is 13.3. The summed E-state index contributed by atoms with van der Waals surface area (Å²) in [5.74, 6) is 0.592. The highest BCUT2D eigenvalue weighted by atomic mass is 19.1. The van der Waals surface area contributed by atoms with Crippen LogP contribution in [0.4, 0.5) is 16.0 Å². The molecule has 0 spiro atoms. The van der Waals surface area contributed by atoms with Gasteiger partial charge in [-0.05, 0) is 37.1 Å². The fourth-order valence-corrected chi connectivity index (χ4v) is 2.79. The first-order valence-corrected chi connectivity index (χ1v) is 7.37. The molecule has 1 aliphatic heterocycles. The molecule has 22 heavy (non-hydrogen) atoms. The number of piperidine rings is 1. The summed E-state index contributed by atoms with van der Waals surface area (Å²) in [6.45, 7) is 4.79. The minimum atomic E-state index is -0.702. The van der Waals surface area contributed by atoms with E-state index in [1.807, 2.05) is 29.8 Å². The fraction of sp³-hybridized carbons (Fsp3) is 0.375. The van der Waals surface area contributed by atoms with E-state index in [2.05, 4.69) is 21.8 Å². The molecular formula is C16H19FN4O. The van der Waals surface area contributed by atoms with Gasteiger partial charge in [-0.25, -0.2) is 9.37 Å². The zero-order valence-electron chi connectivity index (χ0n) is 12.6. The van der Waals surface area contributed by atoms with E-state index >= 15 is 0 Å². The number of amides is 1. The van der Waals surface area contributed by atoms with Gasteiger partial charge in [-0.3, -0.25) is 4.79 Å². The van der Waals surface area contributed by atoms with Crippen LogP contribution in [0.15, 0.2) is 30.9 Å². The van der Waals surface area contributed by atoms with Crippen molar-refractivity contribution in [3.05, 3.63) is 30.9 Å². The van der Waals surface area contributed by atoms with Gasteiger partial charge in [0.05, 0.1) is 11.0 Å². The second-order valence-corrected chi connectivity index (χ2v) is 5.53. The number of carbonyl (C=O) groups excluding carboxylic acids is 1. The van der Waals surface area contributed by atoms with Gasteiger partial charge in [-0.1, -0.05) is 6.58 Å². The number of nitrogens with zero attached hydrogens (tertiary/aromatic N) is 3. The van der Waals surface area contributed by atoms with Gasteiger partial charge in [-0.15, -0.1) is 0 Å². The number of halogens is 1. The molecule has 1 aromatic carbocycles. The highest BCUT2D eigenvalue weighted by Crippen LogP contribution is 2.26. The van der Waals surface area contributed by atoms with Gasteiger partial charge in [0.15, 0.2) is 0 Å². The number of alkyl halides is 1. The fourth-order valence-electron chi connectivity index (χ4n) is 2.79. The largest absolute Gasteiger partial charge is 0.342 e. The lowest BCUT2D eigenvalue weighted by Crippen LogP contribution is -2.35. The summed E-state index contributed by atoms with van der Waals surface area (Å²) in [4.78, 5) is 18.1. The van der Waals surface area contributed by atoms with Crippen LogP contribution in [-0.2, 0) is 11.8 Å². The number of nitrogens with one attached hydrogen (secondary N) is 1. The van der Waals surface area contributed by atoms with Gasteiger partial charge in [0.2, 0.25) is 11.9 Å². The van der Waals surface area contributed by atoms with Gasteiger partial charge >= 0.3 is 0 Å². The van der Waals surface area contributed by atoms with Crippen molar-refractivity contribution in [1.29, 1.82) is 0 Å². The maximum Gasteiger partial charge on any atom is 0.247 e. The minimum absolute atomic E-state index is 0.250. The molecule has 0 bridgehead atoms. The van der Waals surface area contributed by atoms with Gasteiger partial charge in [0.1, 0.15) is 6.17 Å². The summed E-state index contributed by atoms with van der Waals surface area (Å²) in [7, 11) is 1.95. The van der Waals surface area contributed by atoms with Crippen LogP contribution < -0.4 is 10.2 Å². The average molecular weight is 302 g/mol. The third kappa shape index (κ3) is 2.68. The van der Waals surface area contributed by atoms with Crippen molar-refractivity contribution in [1.82, 2.24) is 9.55 Å². The Morgan fingerprint density at radius 3 is 2.86 bits per heavy atom. The molecule has 6 heteroatoms. The third-order valence-corrected chi connectivity index (χ3v) is 4.02. The van der Waals surface area contributed by atoms with Gasteiger partial charge in [0.25, 0.3) is 0 Å². The number of fused-ring (bicyclic) bond motifs is 1. The number of aromatic nitrogens is 2. The molecule has 1 fully saturated rings. The van der Waals surface area contributed by atoms with Crippen molar-refractivity contribution < 1.29 is 9.18 Å². The van der Waals surface area contributed by atoms with Crippen molar-refractivity contribution in [2.24, 2.45) is 7.05 Å². The van der Waals surface area contributed by atoms with Crippen LogP contribution in [0.25, 0.3) is 11.0 Å². The summed E-state index contributed by atoms with van der Waals surface area (Å²) in [5.41, 5.74) is 2.47. The lowest BCUT2D eigenvalue weighted by molar-refractivity contribution is -0.111. The summed E-state index contributed by atoms with van der Waals surface area (Å²) >= 11 is 0. The van der Waals surface area contributed by atoms with E-state index in [1.165, 1.54) is 6.08 Å². The Labute approximate surface area is 128 Å². The Morgan fingerprint density at radius 2 is 2.18 bits per heavy atom. The number of anilines is 2. The number of carbonyl (C=O) groups is 1. The third-order valence-electron chi connectivity index (χ3n) is 4.02. The van der Waals surface area contributed by atoms with Crippen molar-refractivity contribution in [2.45, 2.75) is 19.0 Å². The normalized spacial score (nSPS) is 16.0. The van der Waals surface area contributed by atoms with Crippen molar-refractivity contribution in [3.63, 3.8) is 0 Å². The summed E-state index contributed by atoms with van der Waals surface area (Å²) in [6.07, 6.45) is 1.62. The summed E-state index contributed by atoms with van der Waals surface area (Å²) in [5, 5.41) is 2.73. The number of hydrogen-bond donors (Lipinski definition) is 1. The van der Waals surface area contributed by atoms with Crippen molar-refractivity contribution in [3.8, 4) is 0 Å². The molecule has 1 amide bonds. The molecule has 1 N–H and O–H groups in total. The van der Waals surface area contributed by atoms with E-state index < -0.39 is 6.17 Å². The minimum Gasteiger partial charge on any atom is -0.342 e. The van der Waals surface area contributed by atoms with Crippen LogP contribution >= 0.6 is 0 Å². The molecule has 5 nitrogen and oxygen atoms in total. The molecule has 0 atom stereocenters. The van der Waals surface area contributed by atoms with E-state index in [0.29, 0.717) is 31.6 Å². The SMILES string of the molecule is C=CC(=O)Nc1ccc2c(c1)nc(N1CCC(F)CC1)n2C. The van der Waals surface area contributed by atoms with Crippen LogP contribution in [0.5, 0.6) is 0 Å². The van der Waals surface area contributed by atoms with Crippen LogP contribution in [0, 0.1) is 0 Å². The molecular weight excluding hydrogens is 283 g/mol. The smallest absolute Gasteiger partial charge is 0.247 e. The lowest BCUT2D eigenvalue weighted by atomic mass is 10.1. The molecule has 0 radical (unpaired) electrons. The molecule has 1 saturated heterocycles. The van der Waals surface area contributed by atoms with E-state index in [1.54, 1.807) is 0 Å². The quantitative estimate of drug-likeness (QED) is 0.887. The first-order chi connectivity index (χ1) is 10.6. The molecule has 0 aliphatic carbocycles. The van der Waals surface area contributed by atoms with Crippen molar-refractivity contribution >= 4 is 28.6 Å². The average Bonchev–Trinajstić information content (AvgIpc) is 2.84. The number of rotatable bonds is 3. The first-order valence-electron chi connectivity index (χ1n) is 7.37. The van der Waals surface area contributed by atoms with E-state index in [0.717, 1.165) is 17.0 Å². The summed E-state index contributed by atoms with van der Waals surface area (Å²) in [6, 6.07) is 5.59. The second kappa shape index (κ2) is 5.79. The Kier molecular flexibility index (Phi) is 3.83. The highest BCUT2D eigenvalue weighted by Gasteiger charge is 2.22.